The Hall–Kier alpha value is -0.610. The van der Waals surface area contributed by atoms with E-state index in [-0.39, 0.29) is 5.92 Å². The lowest BCUT2D eigenvalue weighted by Crippen LogP contribution is -2.32. The number of carboxylic acids is 1. The van der Waals surface area contributed by atoms with Crippen LogP contribution in [0.5, 0.6) is 0 Å². The Morgan fingerprint density at radius 3 is 2.91 bits per heavy atom. The molecular formula is C7H13NO3. The zero-order chi connectivity index (χ0) is 8.27. The highest BCUT2D eigenvalue weighted by Gasteiger charge is 2.29. The smallest absolute Gasteiger partial charge is 0.333 e. The predicted molar refractivity (Wildman–Crippen MR) is 39.4 cm³/mol. The van der Waals surface area contributed by atoms with Gasteiger partial charge in [0.2, 0.25) is 0 Å². The summed E-state index contributed by atoms with van der Waals surface area (Å²) in [5.41, 5.74) is 0. The summed E-state index contributed by atoms with van der Waals surface area (Å²) in [5, 5.41) is 11.8. The van der Waals surface area contributed by atoms with Gasteiger partial charge in [-0.3, -0.25) is 0 Å². The number of rotatable bonds is 3. The molecule has 1 saturated heterocycles. The van der Waals surface area contributed by atoms with Gasteiger partial charge in [-0.1, -0.05) is 0 Å². The highest BCUT2D eigenvalue weighted by Crippen LogP contribution is 2.15. The average Bonchev–Trinajstić information content (AvgIpc) is 2.40. The fraction of sp³-hybridized carbons (Fsp3) is 0.857. The first-order chi connectivity index (χ1) is 5.25. The van der Waals surface area contributed by atoms with Crippen molar-refractivity contribution in [2.45, 2.75) is 12.5 Å². The molecule has 4 nitrogen and oxygen atoms in total. The molecule has 2 N–H and O–H groups in total. The van der Waals surface area contributed by atoms with Gasteiger partial charge in [-0.25, -0.2) is 4.79 Å². The van der Waals surface area contributed by atoms with Gasteiger partial charge >= 0.3 is 5.97 Å². The first kappa shape index (κ1) is 8.49. The zero-order valence-corrected chi connectivity index (χ0v) is 6.54. The van der Waals surface area contributed by atoms with Crippen molar-refractivity contribution in [1.29, 1.82) is 0 Å². The van der Waals surface area contributed by atoms with Crippen LogP contribution in [0.1, 0.15) is 6.42 Å². The minimum absolute atomic E-state index is 0.137. The molecule has 1 aliphatic heterocycles. The number of carbonyl (C=O) groups is 1. The molecule has 1 aliphatic rings. The van der Waals surface area contributed by atoms with Crippen molar-refractivity contribution < 1.29 is 14.6 Å². The number of hydrogen-bond donors (Lipinski definition) is 2. The molecule has 1 heterocycles. The van der Waals surface area contributed by atoms with E-state index in [1.54, 1.807) is 0 Å². The van der Waals surface area contributed by atoms with E-state index in [1.807, 2.05) is 0 Å². The Morgan fingerprint density at radius 1 is 1.82 bits per heavy atom. The highest BCUT2D eigenvalue weighted by molar-refractivity contribution is 5.72. The fourth-order valence-corrected chi connectivity index (χ4v) is 1.43. The average molecular weight is 159 g/mol. The molecule has 0 spiro atoms. The molecule has 0 aromatic carbocycles. The summed E-state index contributed by atoms with van der Waals surface area (Å²) in [4.78, 5) is 10.6. The predicted octanol–water partition coefficient (Wildman–Crippen LogP) is -0.305. The standard InChI is InChI=1S/C7H13NO3/c1-11-6(7(9)10)5-2-3-8-4-5/h5-6,8H,2-4H2,1H3,(H,9,10). The van der Waals surface area contributed by atoms with Gasteiger partial charge in [0.15, 0.2) is 6.10 Å². The lowest BCUT2D eigenvalue weighted by Gasteiger charge is -2.15. The zero-order valence-electron chi connectivity index (χ0n) is 6.54. The van der Waals surface area contributed by atoms with Gasteiger partial charge in [0.05, 0.1) is 0 Å². The molecule has 4 heteroatoms. The van der Waals surface area contributed by atoms with Crippen molar-refractivity contribution in [2.24, 2.45) is 5.92 Å². The fourth-order valence-electron chi connectivity index (χ4n) is 1.43. The van der Waals surface area contributed by atoms with E-state index in [0.29, 0.717) is 0 Å². The normalized spacial score (nSPS) is 26.8. The topological polar surface area (TPSA) is 58.6 Å². The molecule has 0 radical (unpaired) electrons. The van der Waals surface area contributed by atoms with Gasteiger partial charge in [0.25, 0.3) is 0 Å². The molecule has 0 aromatic heterocycles. The third kappa shape index (κ3) is 1.91. The number of nitrogens with one attached hydrogen (secondary N) is 1. The summed E-state index contributed by atoms with van der Waals surface area (Å²) < 4.78 is 4.86. The van der Waals surface area contributed by atoms with Crippen LogP contribution in [0.25, 0.3) is 0 Å². The second-order valence-corrected chi connectivity index (χ2v) is 2.75. The van der Waals surface area contributed by atoms with Crippen LogP contribution in [0, 0.1) is 5.92 Å². The molecule has 2 unspecified atom stereocenters. The van der Waals surface area contributed by atoms with Crippen LogP contribution in [0.3, 0.4) is 0 Å². The van der Waals surface area contributed by atoms with E-state index in [1.165, 1.54) is 7.11 Å². The van der Waals surface area contributed by atoms with Gasteiger partial charge in [-0.2, -0.15) is 0 Å². The monoisotopic (exact) mass is 159 g/mol. The first-order valence-electron chi connectivity index (χ1n) is 3.72. The van der Waals surface area contributed by atoms with Crippen molar-refractivity contribution in [3.05, 3.63) is 0 Å². The summed E-state index contributed by atoms with van der Waals surface area (Å²) >= 11 is 0. The Balaban J connectivity index is 2.46. The summed E-state index contributed by atoms with van der Waals surface area (Å²) in [6.45, 7) is 1.66. The molecule has 1 rings (SSSR count). The third-order valence-corrected chi connectivity index (χ3v) is 2.02. The number of aliphatic carboxylic acids is 1. The van der Waals surface area contributed by atoms with Crippen LogP contribution in [0.4, 0.5) is 0 Å². The van der Waals surface area contributed by atoms with Crippen molar-refractivity contribution in [2.75, 3.05) is 20.2 Å². The van der Waals surface area contributed by atoms with Crippen LogP contribution >= 0.6 is 0 Å². The summed E-state index contributed by atoms with van der Waals surface area (Å²) in [6.07, 6.45) is 0.259. The summed E-state index contributed by atoms with van der Waals surface area (Å²) in [5.74, 6) is -0.723. The number of methoxy groups -OCH3 is 1. The highest BCUT2D eigenvalue weighted by atomic mass is 16.5. The molecule has 0 aliphatic carbocycles. The first-order valence-corrected chi connectivity index (χ1v) is 3.72. The van der Waals surface area contributed by atoms with Gasteiger partial charge in [0, 0.05) is 19.6 Å². The Bertz CT molecular complexity index is 143. The Morgan fingerprint density at radius 2 is 2.55 bits per heavy atom. The summed E-state index contributed by atoms with van der Waals surface area (Å²) in [6, 6.07) is 0. The molecular weight excluding hydrogens is 146 g/mol. The lowest BCUT2D eigenvalue weighted by atomic mass is 10.0. The maximum Gasteiger partial charge on any atom is 0.333 e. The van der Waals surface area contributed by atoms with Gasteiger partial charge in [-0.15, -0.1) is 0 Å². The van der Waals surface area contributed by atoms with Crippen molar-refractivity contribution >= 4 is 5.97 Å². The van der Waals surface area contributed by atoms with E-state index < -0.39 is 12.1 Å². The molecule has 11 heavy (non-hydrogen) atoms. The summed E-state index contributed by atoms with van der Waals surface area (Å²) in [7, 11) is 1.44. The Kier molecular flexibility index (Phi) is 2.84. The minimum Gasteiger partial charge on any atom is -0.479 e. The molecule has 0 bridgehead atoms. The lowest BCUT2D eigenvalue weighted by molar-refractivity contribution is -0.151. The Labute approximate surface area is 65.5 Å². The molecule has 0 amide bonds. The van der Waals surface area contributed by atoms with Crippen molar-refractivity contribution in [3.8, 4) is 0 Å². The molecule has 64 valence electrons. The van der Waals surface area contributed by atoms with E-state index in [4.69, 9.17) is 9.84 Å². The van der Waals surface area contributed by atoms with E-state index in [9.17, 15) is 4.79 Å². The van der Waals surface area contributed by atoms with Gasteiger partial charge in [-0.05, 0) is 13.0 Å². The largest absolute Gasteiger partial charge is 0.479 e. The number of hydrogen-bond acceptors (Lipinski definition) is 3. The number of ether oxygens (including phenoxy) is 1. The van der Waals surface area contributed by atoms with Gasteiger partial charge in [0.1, 0.15) is 0 Å². The van der Waals surface area contributed by atoms with Crippen LogP contribution in [0.2, 0.25) is 0 Å². The maximum atomic E-state index is 10.6. The SMILES string of the molecule is COC(C(=O)O)C1CCNC1. The minimum atomic E-state index is -0.860. The molecule has 2 atom stereocenters. The number of carboxylic acid groups (broad SMARTS) is 1. The maximum absolute atomic E-state index is 10.6. The molecule has 0 aromatic rings. The van der Waals surface area contributed by atoms with Crippen LogP contribution in [-0.4, -0.2) is 37.4 Å². The van der Waals surface area contributed by atoms with Gasteiger partial charge < -0.3 is 15.2 Å². The van der Waals surface area contributed by atoms with Crippen molar-refractivity contribution in [3.63, 3.8) is 0 Å². The van der Waals surface area contributed by atoms with Crippen LogP contribution in [0.15, 0.2) is 0 Å². The second-order valence-electron chi connectivity index (χ2n) is 2.75. The van der Waals surface area contributed by atoms with Crippen LogP contribution < -0.4 is 5.32 Å². The second kappa shape index (κ2) is 3.69. The van der Waals surface area contributed by atoms with E-state index in [0.717, 1.165) is 19.5 Å². The van der Waals surface area contributed by atoms with Crippen LogP contribution in [-0.2, 0) is 9.53 Å². The van der Waals surface area contributed by atoms with E-state index in [2.05, 4.69) is 5.32 Å². The third-order valence-electron chi connectivity index (χ3n) is 2.02. The quantitative estimate of drug-likeness (QED) is 0.593. The van der Waals surface area contributed by atoms with Crippen molar-refractivity contribution in [1.82, 2.24) is 5.32 Å². The van der Waals surface area contributed by atoms with E-state index >= 15 is 0 Å². The molecule has 0 saturated carbocycles. The molecule has 1 fully saturated rings.